The number of benzene rings is 2. The monoisotopic (exact) mass is 331 g/mol. The lowest BCUT2D eigenvalue weighted by molar-refractivity contribution is -0.114. The maximum absolute atomic E-state index is 12.4. The Morgan fingerprint density at radius 2 is 1.52 bits per heavy atom. The molecule has 0 spiro atoms. The average Bonchev–Trinajstić information content (AvgIpc) is 2.63. The number of carbonyl (C=O) groups excluding carboxylic acids is 2. The topological polar surface area (TPSA) is 71.1 Å². The molecule has 25 heavy (non-hydrogen) atoms. The second kappa shape index (κ2) is 7.40. The van der Waals surface area contributed by atoms with Crippen LogP contribution in [-0.2, 0) is 4.79 Å². The third-order valence-electron chi connectivity index (χ3n) is 3.53. The summed E-state index contributed by atoms with van der Waals surface area (Å²) in [7, 11) is 0. The van der Waals surface area contributed by atoms with Crippen LogP contribution < -0.4 is 10.6 Å². The van der Waals surface area contributed by atoms with Gasteiger partial charge in [0, 0.05) is 23.7 Å². The molecule has 0 saturated carbocycles. The molecule has 124 valence electrons. The molecule has 0 radical (unpaired) electrons. The molecule has 0 aliphatic carbocycles. The van der Waals surface area contributed by atoms with Gasteiger partial charge in [-0.2, -0.15) is 0 Å². The number of rotatable bonds is 4. The van der Waals surface area contributed by atoms with Crippen LogP contribution >= 0.6 is 0 Å². The summed E-state index contributed by atoms with van der Waals surface area (Å²) in [6, 6.07) is 21.9. The highest BCUT2D eigenvalue weighted by Gasteiger charge is 2.08. The van der Waals surface area contributed by atoms with Gasteiger partial charge in [0.05, 0.1) is 5.69 Å². The van der Waals surface area contributed by atoms with E-state index in [1.165, 1.54) is 6.92 Å². The Balaban J connectivity index is 1.74. The molecule has 0 saturated heterocycles. The van der Waals surface area contributed by atoms with Gasteiger partial charge in [0.1, 0.15) is 5.82 Å². The molecule has 3 rings (SSSR count). The summed E-state index contributed by atoms with van der Waals surface area (Å²) in [5, 5.41) is 5.45. The molecule has 3 aromatic rings. The quantitative estimate of drug-likeness (QED) is 0.760. The van der Waals surface area contributed by atoms with E-state index in [0.717, 1.165) is 11.3 Å². The van der Waals surface area contributed by atoms with Crippen molar-refractivity contribution < 1.29 is 9.59 Å². The van der Waals surface area contributed by atoms with Crippen molar-refractivity contribution >= 4 is 23.3 Å². The van der Waals surface area contributed by atoms with E-state index >= 15 is 0 Å². The number of carbonyl (C=O) groups is 2. The molecule has 5 heteroatoms. The molecular formula is C20H17N3O2. The van der Waals surface area contributed by atoms with Gasteiger partial charge in [-0.15, -0.1) is 0 Å². The number of aromatic nitrogens is 1. The van der Waals surface area contributed by atoms with Gasteiger partial charge in [0.25, 0.3) is 5.91 Å². The fourth-order valence-electron chi connectivity index (χ4n) is 2.37. The highest BCUT2D eigenvalue weighted by Crippen LogP contribution is 2.19. The number of hydrogen-bond donors (Lipinski definition) is 2. The Kier molecular flexibility index (Phi) is 4.85. The van der Waals surface area contributed by atoms with Crippen molar-refractivity contribution in [3.05, 3.63) is 78.4 Å². The van der Waals surface area contributed by atoms with Gasteiger partial charge in [0.15, 0.2) is 0 Å². The van der Waals surface area contributed by atoms with Crippen molar-refractivity contribution in [3.8, 4) is 11.3 Å². The average molecular weight is 331 g/mol. The molecule has 2 amide bonds. The molecule has 0 unspecified atom stereocenters. The fourth-order valence-corrected chi connectivity index (χ4v) is 2.37. The Bertz CT molecular complexity index is 890. The SMILES string of the molecule is CC(=O)Nc1ccc(C(=O)Nc2cccc(-c3ccccc3)n2)cc1. The molecule has 1 aromatic heterocycles. The molecule has 0 bridgehead atoms. The Morgan fingerprint density at radius 1 is 0.800 bits per heavy atom. The van der Waals surface area contributed by atoms with Crippen molar-refractivity contribution in [3.63, 3.8) is 0 Å². The van der Waals surface area contributed by atoms with Crippen molar-refractivity contribution in [1.29, 1.82) is 0 Å². The Labute approximate surface area is 145 Å². The summed E-state index contributed by atoms with van der Waals surface area (Å²) in [6.45, 7) is 1.44. The van der Waals surface area contributed by atoms with Crippen LogP contribution in [0.25, 0.3) is 11.3 Å². The number of pyridine rings is 1. The highest BCUT2D eigenvalue weighted by molar-refractivity contribution is 6.04. The Hall–Kier alpha value is -3.47. The maximum atomic E-state index is 12.4. The van der Waals surface area contributed by atoms with Gasteiger partial charge in [-0.25, -0.2) is 4.98 Å². The molecule has 0 fully saturated rings. The standard InChI is InChI=1S/C20H17N3O2/c1-14(24)21-17-12-10-16(11-13-17)20(25)23-19-9-5-8-18(22-19)15-6-3-2-4-7-15/h2-13H,1H3,(H,21,24)(H,22,23,25). The smallest absolute Gasteiger partial charge is 0.256 e. The first-order chi connectivity index (χ1) is 12.1. The predicted molar refractivity (Wildman–Crippen MR) is 98.4 cm³/mol. The van der Waals surface area contributed by atoms with Crippen LogP contribution in [0.1, 0.15) is 17.3 Å². The van der Waals surface area contributed by atoms with Crippen LogP contribution in [0.3, 0.4) is 0 Å². The molecule has 0 aliphatic rings. The minimum absolute atomic E-state index is 0.154. The van der Waals surface area contributed by atoms with Crippen molar-refractivity contribution in [2.24, 2.45) is 0 Å². The molecular weight excluding hydrogens is 314 g/mol. The predicted octanol–water partition coefficient (Wildman–Crippen LogP) is 3.96. The van der Waals surface area contributed by atoms with E-state index < -0.39 is 0 Å². The van der Waals surface area contributed by atoms with Crippen LogP contribution in [0.15, 0.2) is 72.8 Å². The van der Waals surface area contributed by atoms with Gasteiger partial charge < -0.3 is 10.6 Å². The first kappa shape index (κ1) is 16.4. The zero-order chi connectivity index (χ0) is 17.6. The van der Waals surface area contributed by atoms with E-state index in [-0.39, 0.29) is 11.8 Å². The summed E-state index contributed by atoms with van der Waals surface area (Å²) in [6.07, 6.45) is 0. The Morgan fingerprint density at radius 3 is 2.20 bits per heavy atom. The first-order valence-corrected chi connectivity index (χ1v) is 7.83. The second-order valence-electron chi connectivity index (χ2n) is 5.49. The van der Waals surface area contributed by atoms with E-state index in [1.807, 2.05) is 42.5 Å². The van der Waals surface area contributed by atoms with Gasteiger partial charge in [0.2, 0.25) is 5.91 Å². The molecule has 0 aliphatic heterocycles. The van der Waals surface area contributed by atoms with Crippen LogP contribution in [-0.4, -0.2) is 16.8 Å². The zero-order valence-electron chi connectivity index (χ0n) is 13.7. The second-order valence-corrected chi connectivity index (χ2v) is 5.49. The van der Waals surface area contributed by atoms with Gasteiger partial charge in [-0.1, -0.05) is 36.4 Å². The lowest BCUT2D eigenvalue weighted by Gasteiger charge is -2.08. The van der Waals surface area contributed by atoms with Crippen LogP contribution in [0, 0.1) is 0 Å². The number of amides is 2. The van der Waals surface area contributed by atoms with E-state index in [4.69, 9.17) is 0 Å². The van der Waals surface area contributed by atoms with E-state index in [9.17, 15) is 9.59 Å². The van der Waals surface area contributed by atoms with Gasteiger partial charge in [-0.05, 0) is 36.4 Å². The number of nitrogens with zero attached hydrogens (tertiary/aromatic N) is 1. The third kappa shape index (κ3) is 4.29. The fraction of sp³-hybridized carbons (Fsp3) is 0.0500. The van der Waals surface area contributed by atoms with Crippen LogP contribution in [0.4, 0.5) is 11.5 Å². The van der Waals surface area contributed by atoms with E-state index in [1.54, 1.807) is 30.3 Å². The first-order valence-electron chi connectivity index (χ1n) is 7.83. The summed E-state index contributed by atoms with van der Waals surface area (Å²) >= 11 is 0. The summed E-state index contributed by atoms with van der Waals surface area (Å²) in [5.74, 6) is 0.0727. The minimum Gasteiger partial charge on any atom is -0.326 e. The van der Waals surface area contributed by atoms with Gasteiger partial charge in [-0.3, -0.25) is 9.59 Å². The number of anilines is 2. The third-order valence-corrected chi connectivity index (χ3v) is 3.53. The molecule has 2 aromatic carbocycles. The number of nitrogens with one attached hydrogen (secondary N) is 2. The lowest BCUT2D eigenvalue weighted by Crippen LogP contribution is -2.13. The lowest BCUT2D eigenvalue weighted by atomic mass is 10.1. The largest absolute Gasteiger partial charge is 0.326 e. The molecule has 5 nitrogen and oxygen atoms in total. The number of hydrogen-bond acceptors (Lipinski definition) is 3. The van der Waals surface area contributed by atoms with Crippen molar-refractivity contribution in [1.82, 2.24) is 4.98 Å². The minimum atomic E-state index is -0.257. The van der Waals surface area contributed by atoms with Gasteiger partial charge >= 0.3 is 0 Å². The molecule has 2 N–H and O–H groups in total. The van der Waals surface area contributed by atoms with E-state index in [0.29, 0.717) is 17.1 Å². The van der Waals surface area contributed by atoms with Crippen LogP contribution in [0.5, 0.6) is 0 Å². The normalized spacial score (nSPS) is 10.1. The molecule has 0 atom stereocenters. The molecule has 1 heterocycles. The summed E-state index contributed by atoms with van der Waals surface area (Å²) < 4.78 is 0. The van der Waals surface area contributed by atoms with Crippen molar-refractivity contribution in [2.45, 2.75) is 6.92 Å². The van der Waals surface area contributed by atoms with Crippen LogP contribution in [0.2, 0.25) is 0 Å². The summed E-state index contributed by atoms with van der Waals surface area (Å²) in [4.78, 5) is 27.9. The van der Waals surface area contributed by atoms with E-state index in [2.05, 4.69) is 15.6 Å². The summed E-state index contributed by atoms with van der Waals surface area (Å²) in [5.41, 5.74) is 2.91. The maximum Gasteiger partial charge on any atom is 0.256 e. The highest BCUT2D eigenvalue weighted by atomic mass is 16.2. The zero-order valence-corrected chi connectivity index (χ0v) is 13.7. The van der Waals surface area contributed by atoms with Crippen molar-refractivity contribution in [2.75, 3.05) is 10.6 Å².